The Balaban J connectivity index is 1.84. The summed E-state index contributed by atoms with van der Waals surface area (Å²) in [4.78, 5) is 11.8. The molecule has 1 amide bonds. The summed E-state index contributed by atoms with van der Waals surface area (Å²) in [6.45, 7) is 3.94. The highest BCUT2D eigenvalue weighted by atomic mass is 16.5. The average molecular weight is 299 g/mol. The van der Waals surface area contributed by atoms with Crippen molar-refractivity contribution < 1.29 is 14.6 Å². The van der Waals surface area contributed by atoms with Gasteiger partial charge < -0.3 is 15.2 Å². The van der Waals surface area contributed by atoms with Crippen LogP contribution in [0, 0.1) is 6.92 Å². The first kappa shape index (κ1) is 16.0. The van der Waals surface area contributed by atoms with Gasteiger partial charge in [-0.3, -0.25) is 0 Å². The second kappa shape index (κ2) is 7.61. The number of benzene rings is 2. The van der Waals surface area contributed by atoms with Gasteiger partial charge in [0.15, 0.2) is 0 Å². The van der Waals surface area contributed by atoms with E-state index in [1.54, 1.807) is 6.92 Å². The fraction of sp³-hybridized carbons (Fsp3) is 0.278. The zero-order valence-corrected chi connectivity index (χ0v) is 12.8. The van der Waals surface area contributed by atoms with Crippen LogP contribution >= 0.6 is 0 Å². The molecule has 0 saturated heterocycles. The first-order valence-electron chi connectivity index (χ1n) is 7.28. The van der Waals surface area contributed by atoms with Gasteiger partial charge in [-0.15, -0.1) is 0 Å². The van der Waals surface area contributed by atoms with Gasteiger partial charge in [-0.05, 0) is 25.0 Å². The number of alkyl carbamates (subject to hydrolysis) is 1. The Labute approximate surface area is 130 Å². The summed E-state index contributed by atoms with van der Waals surface area (Å²) in [6, 6.07) is 16.6. The van der Waals surface area contributed by atoms with E-state index in [9.17, 15) is 9.90 Å². The van der Waals surface area contributed by atoms with Gasteiger partial charge in [0, 0.05) is 0 Å². The van der Waals surface area contributed by atoms with Crippen molar-refractivity contribution in [3.63, 3.8) is 0 Å². The van der Waals surface area contributed by atoms with E-state index in [1.165, 1.54) is 0 Å². The van der Waals surface area contributed by atoms with Crippen molar-refractivity contribution in [3.05, 3.63) is 71.3 Å². The van der Waals surface area contributed by atoms with Crippen LogP contribution in [0.5, 0.6) is 0 Å². The van der Waals surface area contributed by atoms with E-state index in [1.807, 2.05) is 61.5 Å². The summed E-state index contributed by atoms with van der Waals surface area (Å²) < 4.78 is 5.14. The molecule has 0 fully saturated rings. The minimum absolute atomic E-state index is 0.208. The van der Waals surface area contributed by atoms with Crippen molar-refractivity contribution >= 4 is 6.09 Å². The van der Waals surface area contributed by atoms with Crippen molar-refractivity contribution in [2.75, 3.05) is 0 Å². The number of ether oxygens (including phenoxy) is 1. The zero-order valence-electron chi connectivity index (χ0n) is 12.8. The lowest BCUT2D eigenvalue weighted by molar-refractivity contribution is 0.106. The highest BCUT2D eigenvalue weighted by Crippen LogP contribution is 2.17. The molecule has 0 bridgehead atoms. The van der Waals surface area contributed by atoms with Crippen molar-refractivity contribution in [2.24, 2.45) is 0 Å². The number of hydrogen-bond donors (Lipinski definition) is 2. The lowest BCUT2D eigenvalue weighted by atomic mass is 10.0. The van der Waals surface area contributed by atoms with Crippen molar-refractivity contribution in [3.8, 4) is 0 Å². The molecule has 0 saturated carbocycles. The molecule has 2 N–H and O–H groups in total. The fourth-order valence-electron chi connectivity index (χ4n) is 2.08. The topological polar surface area (TPSA) is 58.6 Å². The molecule has 116 valence electrons. The number of carbonyl (C=O) groups is 1. The Morgan fingerprint density at radius 3 is 2.41 bits per heavy atom. The third-order valence-electron chi connectivity index (χ3n) is 3.45. The number of aryl methyl sites for hydroxylation is 1. The normalized spacial score (nSPS) is 13.2. The molecule has 0 heterocycles. The van der Waals surface area contributed by atoms with E-state index < -0.39 is 18.2 Å². The number of amides is 1. The summed E-state index contributed by atoms with van der Waals surface area (Å²) in [7, 11) is 0. The Kier molecular flexibility index (Phi) is 5.55. The monoisotopic (exact) mass is 299 g/mol. The van der Waals surface area contributed by atoms with E-state index in [2.05, 4.69) is 5.32 Å². The maximum atomic E-state index is 11.8. The third-order valence-corrected chi connectivity index (χ3v) is 3.45. The highest BCUT2D eigenvalue weighted by molar-refractivity contribution is 5.67. The summed E-state index contributed by atoms with van der Waals surface area (Å²) in [5.74, 6) is 0. The summed E-state index contributed by atoms with van der Waals surface area (Å²) in [5.41, 5.74) is 2.81. The van der Waals surface area contributed by atoms with Crippen LogP contribution in [0.3, 0.4) is 0 Å². The largest absolute Gasteiger partial charge is 0.445 e. The number of carbonyl (C=O) groups excluding carboxylic acids is 1. The molecule has 0 aliphatic rings. The van der Waals surface area contributed by atoms with Gasteiger partial charge in [-0.1, -0.05) is 60.2 Å². The first-order valence-corrected chi connectivity index (χ1v) is 7.28. The van der Waals surface area contributed by atoms with Crippen LogP contribution in [-0.4, -0.2) is 17.2 Å². The van der Waals surface area contributed by atoms with Gasteiger partial charge in [0.1, 0.15) is 6.61 Å². The number of aliphatic hydroxyl groups is 1. The van der Waals surface area contributed by atoms with Crippen LogP contribution < -0.4 is 5.32 Å². The van der Waals surface area contributed by atoms with Crippen molar-refractivity contribution in [1.82, 2.24) is 5.32 Å². The van der Waals surface area contributed by atoms with Gasteiger partial charge in [0.2, 0.25) is 0 Å². The van der Waals surface area contributed by atoms with Gasteiger partial charge >= 0.3 is 6.09 Å². The van der Waals surface area contributed by atoms with E-state index in [4.69, 9.17) is 4.74 Å². The number of nitrogens with one attached hydrogen (secondary N) is 1. The Morgan fingerprint density at radius 2 is 1.77 bits per heavy atom. The average Bonchev–Trinajstić information content (AvgIpc) is 2.54. The molecule has 0 radical (unpaired) electrons. The summed E-state index contributed by atoms with van der Waals surface area (Å²) in [6.07, 6.45) is -1.31. The van der Waals surface area contributed by atoms with Gasteiger partial charge in [-0.2, -0.15) is 0 Å². The maximum absolute atomic E-state index is 11.8. The molecule has 2 unspecified atom stereocenters. The van der Waals surface area contributed by atoms with Gasteiger partial charge in [0.05, 0.1) is 12.1 Å². The molecule has 0 aliphatic carbocycles. The van der Waals surface area contributed by atoms with Crippen LogP contribution in [0.15, 0.2) is 54.6 Å². The van der Waals surface area contributed by atoms with Crippen LogP contribution in [-0.2, 0) is 11.3 Å². The van der Waals surface area contributed by atoms with Crippen LogP contribution in [0.25, 0.3) is 0 Å². The molecule has 2 atom stereocenters. The molecule has 2 rings (SSSR count). The fourth-order valence-corrected chi connectivity index (χ4v) is 2.08. The standard InChI is InChI=1S/C18H21NO3/c1-13-8-10-16(11-9-13)17(20)14(2)19-18(21)22-12-15-6-4-3-5-7-15/h3-11,14,17,20H,12H2,1-2H3,(H,19,21). The molecule has 22 heavy (non-hydrogen) atoms. The first-order chi connectivity index (χ1) is 10.6. The minimum Gasteiger partial charge on any atom is -0.445 e. The Morgan fingerprint density at radius 1 is 1.14 bits per heavy atom. The summed E-state index contributed by atoms with van der Waals surface area (Å²) >= 11 is 0. The minimum atomic E-state index is -0.773. The molecule has 0 aliphatic heterocycles. The number of rotatable bonds is 5. The van der Waals surface area contributed by atoms with Crippen LogP contribution in [0.2, 0.25) is 0 Å². The van der Waals surface area contributed by atoms with Crippen LogP contribution in [0.4, 0.5) is 4.79 Å². The SMILES string of the molecule is Cc1ccc(C(O)C(C)NC(=O)OCc2ccccc2)cc1. The summed E-state index contributed by atoms with van der Waals surface area (Å²) in [5, 5.41) is 12.9. The van der Waals surface area contributed by atoms with Crippen molar-refractivity contribution in [1.29, 1.82) is 0 Å². The highest BCUT2D eigenvalue weighted by Gasteiger charge is 2.18. The van der Waals surface area contributed by atoms with E-state index in [0.717, 1.165) is 16.7 Å². The predicted octanol–water partition coefficient (Wildman–Crippen LogP) is 3.34. The quantitative estimate of drug-likeness (QED) is 0.890. The van der Waals surface area contributed by atoms with E-state index >= 15 is 0 Å². The lowest BCUT2D eigenvalue weighted by Gasteiger charge is -2.20. The second-order valence-electron chi connectivity index (χ2n) is 5.35. The molecule has 2 aromatic carbocycles. The molecular weight excluding hydrogens is 278 g/mol. The zero-order chi connectivity index (χ0) is 15.9. The van der Waals surface area contributed by atoms with E-state index in [0.29, 0.717) is 0 Å². The van der Waals surface area contributed by atoms with Crippen molar-refractivity contribution in [2.45, 2.75) is 32.6 Å². The molecule has 0 spiro atoms. The van der Waals surface area contributed by atoms with E-state index in [-0.39, 0.29) is 6.61 Å². The third kappa shape index (κ3) is 4.60. The van der Waals surface area contributed by atoms with Gasteiger partial charge in [-0.25, -0.2) is 4.79 Å². The molecule has 2 aromatic rings. The lowest BCUT2D eigenvalue weighted by Crippen LogP contribution is -2.37. The molecule has 4 heteroatoms. The molecular formula is C18H21NO3. The Bertz CT molecular complexity index is 595. The Hall–Kier alpha value is -2.33. The predicted molar refractivity (Wildman–Crippen MR) is 85.4 cm³/mol. The molecule has 4 nitrogen and oxygen atoms in total. The van der Waals surface area contributed by atoms with Gasteiger partial charge in [0.25, 0.3) is 0 Å². The second-order valence-corrected chi connectivity index (χ2v) is 5.35. The smallest absolute Gasteiger partial charge is 0.407 e. The molecule has 0 aromatic heterocycles. The number of hydrogen-bond acceptors (Lipinski definition) is 3. The maximum Gasteiger partial charge on any atom is 0.407 e. The number of aliphatic hydroxyl groups excluding tert-OH is 1. The van der Waals surface area contributed by atoms with Crippen LogP contribution in [0.1, 0.15) is 29.7 Å².